The summed E-state index contributed by atoms with van der Waals surface area (Å²) < 4.78 is 92.3. The molecule has 5 rings (SSSR count). The van der Waals surface area contributed by atoms with E-state index in [1.54, 1.807) is 6.92 Å². The lowest BCUT2D eigenvalue weighted by molar-refractivity contribution is -0.286. The summed E-state index contributed by atoms with van der Waals surface area (Å²) in [7, 11) is 1.37. The summed E-state index contributed by atoms with van der Waals surface area (Å²) in [5.41, 5.74) is -0.0824. The lowest BCUT2D eigenvalue weighted by atomic mass is 9.93. The molecule has 1 aliphatic rings. The van der Waals surface area contributed by atoms with Crippen LogP contribution < -0.4 is 30.0 Å². The van der Waals surface area contributed by atoms with Crippen molar-refractivity contribution < 1.29 is 55.6 Å². The molecule has 0 spiro atoms. The Morgan fingerprint density at radius 1 is 1.13 bits per heavy atom. The minimum atomic E-state index is -5.44. The minimum absolute atomic E-state index is 0.0490. The Bertz CT molecular complexity index is 1800. The average molecular weight is 638 g/mol. The molecule has 0 aliphatic carbocycles. The molecule has 2 amide bonds. The number of methoxy groups -OCH3 is 1. The zero-order chi connectivity index (χ0) is 32.7. The van der Waals surface area contributed by atoms with Crippen LogP contribution in [0.4, 0.5) is 22.0 Å². The monoisotopic (exact) mass is 637 g/mol. The Morgan fingerprint density at radius 3 is 2.53 bits per heavy atom. The minimum Gasteiger partial charge on any atom is -0.493 e. The molecule has 0 saturated heterocycles. The Kier molecular flexibility index (Phi) is 7.90. The number of imidazole rings is 1. The fourth-order valence-corrected chi connectivity index (χ4v) is 4.68. The highest BCUT2D eigenvalue weighted by molar-refractivity contribution is 5.93. The molecule has 0 unspecified atom stereocenters. The van der Waals surface area contributed by atoms with Crippen molar-refractivity contribution in [2.45, 2.75) is 31.4 Å². The normalized spacial score (nSPS) is 15.0. The van der Waals surface area contributed by atoms with Gasteiger partial charge in [-0.15, -0.1) is 8.78 Å². The van der Waals surface area contributed by atoms with E-state index >= 15 is 0 Å². The van der Waals surface area contributed by atoms with E-state index in [-0.39, 0.29) is 46.3 Å². The van der Waals surface area contributed by atoms with Crippen LogP contribution in [-0.2, 0) is 16.8 Å². The molecule has 0 fully saturated rings. The van der Waals surface area contributed by atoms with E-state index in [0.717, 1.165) is 18.2 Å². The van der Waals surface area contributed by atoms with Crippen molar-refractivity contribution >= 4 is 17.5 Å². The number of halogens is 5. The van der Waals surface area contributed by atoms with Gasteiger partial charge in [-0.1, -0.05) is 0 Å². The summed E-state index contributed by atoms with van der Waals surface area (Å²) in [6, 6.07) is 6.75. The molecule has 12 nitrogen and oxygen atoms in total. The van der Waals surface area contributed by atoms with E-state index in [1.807, 2.05) is 0 Å². The van der Waals surface area contributed by atoms with E-state index in [1.165, 1.54) is 42.1 Å². The molecule has 238 valence electrons. The lowest BCUT2D eigenvalue weighted by Gasteiger charge is -2.31. The van der Waals surface area contributed by atoms with Gasteiger partial charge in [0.1, 0.15) is 17.1 Å². The third kappa shape index (κ3) is 5.85. The first-order valence-electron chi connectivity index (χ1n) is 13.1. The van der Waals surface area contributed by atoms with E-state index in [4.69, 9.17) is 15.2 Å². The summed E-state index contributed by atoms with van der Waals surface area (Å²) >= 11 is 0. The van der Waals surface area contributed by atoms with E-state index < -0.39 is 54.3 Å². The molecular formula is C28H24F5N5O7. The van der Waals surface area contributed by atoms with Crippen LogP contribution in [0.5, 0.6) is 23.0 Å². The average Bonchev–Trinajstić information content (AvgIpc) is 3.58. The van der Waals surface area contributed by atoms with Gasteiger partial charge in [0.15, 0.2) is 22.9 Å². The van der Waals surface area contributed by atoms with Gasteiger partial charge in [-0.25, -0.2) is 9.97 Å². The first-order chi connectivity index (χ1) is 21.2. The number of amides is 2. The number of hydrogen-bond donors (Lipinski definition) is 3. The van der Waals surface area contributed by atoms with Gasteiger partial charge in [0.05, 0.1) is 32.4 Å². The largest absolute Gasteiger partial charge is 0.586 e. The highest BCUT2D eigenvalue weighted by atomic mass is 19.4. The van der Waals surface area contributed by atoms with Crippen molar-refractivity contribution in [1.29, 1.82) is 0 Å². The van der Waals surface area contributed by atoms with Crippen molar-refractivity contribution in [2.75, 3.05) is 20.3 Å². The van der Waals surface area contributed by atoms with Crippen LogP contribution in [0.3, 0.4) is 0 Å². The zero-order valence-corrected chi connectivity index (χ0v) is 23.4. The zero-order valence-electron chi connectivity index (χ0n) is 23.4. The van der Waals surface area contributed by atoms with Crippen LogP contribution >= 0.6 is 0 Å². The Labute approximate surface area is 250 Å². The quantitative estimate of drug-likeness (QED) is 0.222. The highest BCUT2D eigenvalue weighted by Gasteiger charge is 2.57. The Hall–Kier alpha value is -5.19. The van der Waals surface area contributed by atoms with Crippen molar-refractivity contribution in [3.05, 3.63) is 65.7 Å². The SMILES string of the molecule is CCOc1c(CC(N)=O)cc([C@@](O)(CNC(=O)c2ccc(OC)c3nccn23)C(F)(F)F)nc1-c1ccc2c(c1)OC(F)(F)O2. The maximum atomic E-state index is 14.7. The van der Waals surface area contributed by atoms with Gasteiger partial charge < -0.3 is 35.1 Å². The fourth-order valence-electron chi connectivity index (χ4n) is 4.68. The van der Waals surface area contributed by atoms with Crippen LogP contribution in [0.25, 0.3) is 16.9 Å². The number of pyridine rings is 2. The topological polar surface area (TPSA) is 160 Å². The molecule has 4 N–H and O–H groups in total. The van der Waals surface area contributed by atoms with Crippen LogP contribution in [0, 0.1) is 0 Å². The number of hydrogen-bond acceptors (Lipinski definition) is 9. The number of aromatic nitrogens is 3. The number of primary amides is 1. The first kappa shape index (κ1) is 31.2. The van der Waals surface area contributed by atoms with Gasteiger partial charge in [0.2, 0.25) is 11.5 Å². The number of nitrogens with two attached hydrogens (primary N) is 1. The van der Waals surface area contributed by atoms with Gasteiger partial charge in [-0.05, 0) is 43.3 Å². The second-order valence-electron chi connectivity index (χ2n) is 9.70. The number of carbonyl (C=O) groups is 2. The standard InChI is InChI=1S/C28H24F5N5O7/c1-3-43-23-15(12-21(34)39)11-20(37-22(23)14-4-6-17-19(10-14)45-28(32,33)44-17)26(41,27(29,30)31)13-36-25(40)16-5-7-18(42-2)24-35-8-9-38(16)24/h4-11,41H,3,12-13H2,1-2H3,(H2,34,39)(H,36,40)/t26-/m0/s1. The Balaban J connectivity index is 1.60. The van der Waals surface area contributed by atoms with E-state index in [9.17, 15) is 36.6 Å². The molecule has 0 saturated carbocycles. The van der Waals surface area contributed by atoms with Crippen molar-refractivity contribution in [3.8, 4) is 34.3 Å². The van der Waals surface area contributed by atoms with Crippen molar-refractivity contribution in [1.82, 2.24) is 19.7 Å². The van der Waals surface area contributed by atoms with Crippen molar-refractivity contribution in [3.63, 3.8) is 0 Å². The molecule has 1 aromatic carbocycles. The number of aliphatic hydroxyl groups is 1. The molecule has 4 aromatic rings. The number of benzene rings is 1. The fraction of sp³-hybridized carbons (Fsp3) is 0.286. The van der Waals surface area contributed by atoms with Crippen LogP contribution in [0.2, 0.25) is 0 Å². The smallest absolute Gasteiger partial charge is 0.493 e. The molecule has 1 aliphatic heterocycles. The molecule has 3 aromatic heterocycles. The predicted molar refractivity (Wildman–Crippen MR) is 144 cm³/mol. The second kappa shape index (κ2) is 11.4. The molecule has 0 bridgehead atoms. The molecular weight excluding hydrogens is 613 g/mol. The molecule has 17 heteroatoms. The van der Waals surface area contributed by atoms with Crippen LogP contribution in [-0.4, -0.2) is 64.0 Å². The first-order valence-corrected chi connectivity index (χ1v) is 13.1. The molecule has 0 radical (unpaired) electrons. The number of rotatable bonds is 10. The third-order valence-corrected chi connectivity index (χ3v) is 6.74. The van der Waals surface area contributed by atoms with Crippen molar-refractivity contribution in [2.24, 2.45) is 5.73 Å². The number of carbonyl (C=O) groups excluding carboxylic acids is 2. The lowest BCUT2D eigenvalue weighted by Crippen LogP contribution is -2.51. The summed E-state index contributed by atoms with van der Waals surface area (Å²) in [6.07, 6.45) is -7.34. The van der Waals surface area contributed by atoms with Gasteiger partial charge in [0, 0.05) is 23.5 Å². The number of nitrogens with one attached hydrogen (secondary N) is 1. The van der Waals surface area contributed by atoms with Gasteiger partial charge >= 0.3 is 12.5 Å². The van der Waals surface area contributed by atoms with Gasteiger partial charge in [-0.3, -0.25) is 14.0 Å². The number of fused-ring (bicyclic) bond motifs is 2. The molecule has 45 heavy (non-hydrogen) atoms. The maximum absolute atomic E-state index is 14.7. The van der Waals surface area contributed by atoms with Crippen LogP contribution in [0.15, 0.2) is 48.8 Å². The van der Waals surface area contributed by atoms with E-state index in [0.29, 0.717) is 5.75 Å². The number of ether oxygens (including phenoxy) is 4. The van der Waals surface area contributed by atoms with E-state index in [2.05, 4.69) is 24.8 Å². The van der Waals surface area contributed by atoms with Crippen LogP contribution in [0.1, 0.15) is 28.7 Å². The number of nitrogens with zero attached hydrogens (tertiary/aromatic N) is 3. The summed E-state index contributed by atoms with van der Waals surface area (Å²) in [5.74, 6) is -2.67. The van der Waals surface area contributed by atoms with Gasteiger partial charge in [0.25, 0.3) is 5.91 Å². The summed E-state index contributed by atoms with van der Waals surface area (Å²) in [4.78, 5) is 33.1. The molecule has 1 atom stereocenters. The highest BCUT2D eigenvalue weighted by Crippen LogP contribution is 2.46. The summed E-state index contributed by atoms with van der Waals surface area (Å²) in [5, 5.41) is 13.3. The molecule has 4 heterocycles. The number of alkyl halides is 5. The van der Waals surface area contributed by atoms with Gasteiger partial charge in [-0.2, -0.15) is 13.2 Å². The Morgan fingerprint density at radius 2 is 1.87 bits per heavy atom. The summed E-state index contributed by atoms with van der Waals surface area (Å²) in [6.45, 7) is 0.0673. The third-order valence-electron chi connectivity index (χ3n) is 6.74. The second-order valence-corrected chi connectivity index (χ2v) is 9.70. The maximum Gasteiger partial charge on any atom is 0.586 e. The predicted octanol–water partition coefficient (Wildman–Crippen LogP) is 3.33.